The highest BCUT2D eigenvalue weighted by molar-refractivity contribution is 4.80. The largest absolute Gasteiger partial charge is 0.392 e. The first-order valence-corrected chi connectivity index (χ1v) is 6.76. The minimum absolute atomic E-state index is 0.159. The summed E-state index contributed by atoms with van der Waals surface area (Å²) in [6, 6.07) is 0.287. The van der Waals surface area contributed by atoms with E-state index in [0.717, 1.165) is 25.9 Å². The summed E-state index contributed by atoms with van der Waals surface area (Å²) in [5.74, 6) is 1.14. The fraction of sp³-hybridized carbons (Fsp3) is 1.00. The van der Waals surface area contributed by atoms with E-state index >= 15 is 0 Å². The van der Waals surface area contributed by atoms with E-state index in [1.165, 1.54) is 19.3 Å². The smallest absolute Gasteiger partial charge is 0.0693 e. The van der Waals surface area contributed by atoms with Crippen LogP contribution in [-0.4, -0.2) is 30.3 Å². The van der Waals surface area contributed by atoms with Gasteiger partial charge >= 0.3 is 0 Å². The SMILES string of the molecule is CC(C)C(CN)CNC1CCCCCC1O. The Bertz CT molecular complexity index is 185. The number of hydrogen-bond donors (Lipinski definition) is 3. The first-order valence-electron chi connectivity index (χ1n) is 6.76. The van der Waals surface area contributed by atoms with E-state index in [1.807, 2.05) is 0 Å². The van der Waals surface area contributed by atoms with E-state index in [9.17, 15) is 5.11 Å². The minimum Gasteiger partial charge on any atom is -0.392 e. The molecule has 1 saturated carbocycles. The lowest BCUT2D eigenvalue weighted by molar-refractivity contribution is 0.116. The van der Waals surface area contributed by atoms with Gasteiger partial charge in [0.25, 0.3) is 0 Å². The number of hydrogen-bond acceptors (Lipinski definition) is 3. The Morgan fingerprint density at radius 2 is 1.94 bits per heavy atom. The number of nitrogens with two attached hydrogens (primary N) is 1. The molecule has 1 aliphatic carbocycles. The van der Waals surface area contributed by atoms with Gasteiger partial charge in [-0.05, 0) is 37.8 Å². The molecule has 0 amide bonds. The van der Waals surface area contributed by atoms with Crippen molar-refractivity contribution in [3.63, 3.8) is 0 Å². The first kappa shape index (κ1) is 13.9. The number of rotatable bonds is 5. The molecule has 96 valence electrons. The molecule has 16 heavy (non-hydrogen) atoms. The molecule has 0 aromatic rings. The van der Waals surface area contributed by atoms with Crippen molar-refractivity contribution < 1.29 is 5.11 Å². The highest BCUT2D eigenvalue weighted by Crippen LogP contribution is 2.18. The molecule has 0 radical (unpaired) electrons. The molecule has 3 nitrogen and oxygen atoms in total. The molecule has 3 unspecified atom stereocenters. The van der Waals surface area contributed by atoms with E-state index in [4.69, 9.17) is 5.73 Å². The monoisotopic (exact) mass is 228 g/mol. The highest BCUT2D eigenvalue weighted by Gasteiger charge is 2.22. The molecule has 1 aliphatic rings. The third-order valence-corrected chi connectivity index (χ3v) is 3.87. The van der Waals surface area contributed by atoms with Gasteiger partial charge in [-0.15, -0.1) is 0 Å². The van der Waals surface area contributed by atoms with Crippen molar-refractivity contribution in [1.82, 2.24) is 5.32 Å². The van der Waals surface area contributed by atoms with Crippen molar-refractivity contribution in [2.45, 2.75) is 58.1 Å². The topological polar surface area (TPSA) is 58.3 Å². The highest BCUT2D eigenvalue weighted by atomic mass is 16.3. The van der Waals surface area contributed by atoms with Crippen LogP contribution < -0.4 is 11.1 Å². The van der Waals surface area contributed by atoms with E-state index in [0.29, 0.717) is 11.8 Å². The maximum absolute atomic E-state index is 9.98. The fourth-order valence-corrected chi connectivity index (χ4v) is 2.42. The third-order valence-electron chi connectivity index (χ3n) is 3.87. The predicted molar refractivity (Wildman–Crippen MR) is 68.3 cm³/mol. The van der Waals surface area contributed by atoms with Gasteiger partial charge in [0.2, 0.25) is 0 Å². The van der Waals surface area contributed by atoms with Crippen LogP contribution in [0.4, 0.5) is 0 Å². The molecule has 1 fully saturated rings. The van der Waals surface area contributed by atoms with Crippen molar-refractivity contribution in [1.29, 1.82) is 0 Å². The summed E-state index contributed by atoms with van der Waals surface area (Å²) in [7, 11) is 0. The molecule has 0 aromatic heterocycles. The lowest BCUT2D eigenvalue weighted by atomic mass is 9.95. The summed E-state index contributed by atoms with van der Waals surface area (Å²) in [5, 5.41) is 13.5. The summed E-state index contributed by atoms with van der Waals surface area (Å²) in [4.78, 5) is 0. The molecule has 0 aromatic carbocycles. The van der Waals surface area contributed by atoms with Crippen LogP contribution in [0.25, 0.3) is 0 Å². The van der Waals surface area contributed by atoms with Crippen molar-refractivity contribution >= 4 is 0 Å². The van der Waals surface area contributed by atoms with Crippen molar-refractivity contribution in [3.8, 4) is 0 Å². The lowest BCUT2D eigenvalue weighted by Crippen LogP contribution is -2.43. The van der Waals surface area contributed by atoms with Gasteiger partial charge in [0.15, 0.2) is 0 Å². The third kappa shape index (κ3) is 4.40. The van der Waals surface area contributed by atoms with Gasteiger partial charge in [0.1, 0.15) is 0 Å². The zero-order chi connectivity index (χ0) is 12.0. The summed E-state index contributed by atoms with van der Waals surface area (Å²) in [5.41, 5.74) is 5.75. The van der Waals surface area contributed by atoms with Crippen molar-refractivity contribution in [2.75, 3.05) is 13.1 Å². The van der Waals surface area contributed by atoms with Gasteiger partial charge in [-0.2, -0.15) is 0 Å². The predicted octanol–water partition coefficient (Wildman–Crippen LogP) is 1.50. The van der Waals surface area contributed by atoms with E-state index in [2.05, 4.69) is 19.2 Å². The number of nitrogens with one attached hydrogen (secondary N) is 1. The van der Waals surface area contributed by atoms with Crippen LogP contribution >= 0.6 is 0 Å². The summed E-state index contributed by atoms with van der Waals surface area (Å²) in [6.07, 6.45) is 5.57. The molecular formula is C13H28N2O. The van der Waals surface area contributed by atoms with Crippen LogP contribution in [0.2, 0.25) is 0 Å². The fourth-order valence-electron chi connectivity index (χ4n) is 2.42. The maximum atomic E-state index is 9.98. The molecule has 0 spiro atoms. The zero-order valence-electron chi connectivity index (χ0n) is 10.8. The van der Waals surface area contributed by atoms with E-state index in [1.54, 1.807) is 0 Å². The Morgan fingerprint density at radius 3 is 2.56 bits per heavy atom. The van der Waals surface area contributed by atoms with Crippen molar-refractivity contribution in [3.05, 3.63) is 0 Å². The first-order chi connectivity index (χ1) is 7.65. The number of aliphatic hydroxyl groups excluding tert-OH is 1. The van der Waals surface area contributed by atoms with Crippen LogP contribution in [0.5, 0.6) is 0 Å². The zero-order valence-corrected chi connectivity index (χ0v) is 10.8. The Balaban J connectivity index is 2.33. The quantitative estimate of drug-likeness (QED) is 0.625. The van der Waals surface area contributed by atoms with Crippen LogP contribution in [0.3, 0.4) is 0 Å². The molecule has 3 heteroatoms. The summed E-state index contributed by atoms with van der Waals surface area (Å²) < 4.78 is 0. The number of aliphatic hydroxyl groups is 1. The molecule has 0 saturated heterocycles. The minimum atomic E-state index is -0.159. The van der Waals surface area contributed by atoms with Crippen LogP contribution in [0, 0.1) is 11.8 Å². The van der Waals surface area contributed by atoms with Gasteiger partial charge in [-0.25, -0.2) is 0 Å². The van der Waals surface area contributed by atoms with Crippen LogP contribution in [0.1, 0.15) is 46.0 Å². The lowest BCUT2D eigenvalue weighted by Gasteiger charge is -2.26. The van der Waals surface area contributed by atoms with Crippen LogP contribution in [-0.2, 0) is 0 Å². The normalized spacial score (nSPS) is 29.1. The molecular weight excluding hydrogens is 200 g/mol. The van der Waals surface area contributed by atoms with Gasteiger partial charge in [0.05, 0.1) is 6.10 Å². The maximum Gasteiger partial charge on any atom is 0.0693 e. The van der Waals surface area contributed by atoms with E-state index < -0.39 is 0 Å². The van der Waals surface area contributed by atoms with Gasteiger partial charge in [-0.3, -0.25) is 0 Å². The molecule has 1 rings (SSSR count). The molecule has 0 bridgehead atoms. The second-order valence-electron chi connectivity index (χ2n) is 5.46. The second kappa shape index (κ2) is 7.25. The Labute approximate surface area is 99.8 Å². The van der Waals surface area contributed by atoms with E-state index in [-0.39, 0.29) is 12.1 Å². The van der Waals surface area contributed by atoms with Crippen molar-refractivity contribution in [2.24, 2.45) is 17.6 Å². The average molecular weight is 228 g/mol. The van der Waals surface area contributed by atoms with Gasteiger partial charge < -0.3 is 16.2 Å². The van der Waals surface area contributed by atoms with Crippen LogP contribution in [0.15, 0.2) is 0 Å². The standard InChI is InChI=1S/C13H28N2O/c1-10(2)11(8-14)9-15-12-6-4-3-5-7-13(12)16/h10-13,15-16H,3-9,14H2,1-2H3. The van der Waals surface area contributed by atoms with Gasteiger partial charge in [0, 0.05) is 6.04 Å². The molecule has 0 heterocycles. The Kier molecular flexibility index (Phi) is 6.32. The summed E-state index contributed by atoms with van der Waals surface area (Å²) in [6.45, 7) is 6.09. The summed E-state index contributed by atoms with van der Waals surface area (Å²) >= 11 is 0. The molecule has 3 atom stereocenters. The second-order valence-corrected chi connectivity index (χ2v) is 5.46. The molecule has 0 aliphatic heterocycles. The Hall–Kier alpha value is -0.120. The average Bonchev–Trinajstić information content (AvgIpc) is 2.44. The van der Waals surface area contributed by atoms with Gasteiger partial charge in [-0.1, -0.05) is 33.1 Å². The molecule has 4 N–H and O–H groups in total. The Morgan fingerprint density at radius 1 is 1.25 bits per heavy atom.